The predicted molar refractivity (Wildman–Crippen MR) is 112 cm³/mol. The molecule has 1 fully saturated rings. The van der Waals surface area contributed by atoms with Gasteiger partial charge in [-0.1, -0.05) is 12.1 Å². The number of thioether (sulfide) groups is 1. The van der Waals surface area contributed by atoms with Gasteiger partial charge in [-0.2, -0.15) is 5.26 Å². The van der Waals surface area contributed by atoms with Crippen LogP contribution in [0.15, 0.2) is 36.4 Å². The van der Waals surface area contributed by atoms with Crippen molar-refractivity contribution in [1.29, 1.82) is 5.26 Å². The van der Waals surface area contributed by atoms with Gasteiger partial charge in [0.25, 0.3) is 0 Å². The fraction of sp³-hybridized carbons (Fsp3) is 0.364. The fourth-order valence-corrected chi connectivity index (χ4v) is 4.57. The van der Waals surface area contributed by atoms with Crippen LogP contribution >= 0.6 is 11.8 Å². The third kappa shape index (κ3) is 5.47. The van der Waals surface area contributed by atoms with Crippen molar-refractivity contribution in [3.05, 3.63) is 42.0 Å². The number of hydrogen-bond donors (Lipinski definition) is 0. The molecule has 0 bridgehead atoms. The molecular weight excluding hydrogens is 422 g/mol. The SMILES string of the molecule is CC(=O)O[C@@H]1[C@@H](OC(C)=O)[C@@H](Oc2cccc3cc(C#N)ccc23)SC[C@H]1OC(C)=O. The van der Waals surface area contributed by atoms with Crippen molar-refractivity contribution >= 4 is 40.4 Å². The van der Waals surface area contributed by atoms with Crippen LogP contribution in [-0.4, -0.2) is 47.4 Å². The molecule has 3 rings (SSSR count). The first-order valence-electron chi connectivity index (χ1n) is 9.51. The van der Waals surface area contributed by atoms with E-state index in [-0.39, 0.29) is 5.75 Å². The minimum atomic E-state index is -1.02. The molecular formula is C22H21NO7S. The zero-order chi connectivity index (χ0) is 22.5. The Morgan fingerprint density at radius 3 is 2.29 bits per heavy atom. The third-order valence-electron chi connectivity index (χ3n) is 4.52. The Balaban J connectivity index is 1.94. The largest absolute Gasteiger partial charge is 0.475 e. The first kappa shape index (κ1) is 22.4. The Labute approximate surface area is 183 Å². The van der Waals surface area contributed by atoms with Crippen LogP contribution in [0.5, 0.6) is 5.75 Å². The van der Waals surface area contributed by atoms with Crippen molar-refractivity contribution in [3.63, 3.8) is 0 Å². The maximum atomic E-state index is 11.8. The van der Waals surface area contributed by atoms with Crippen molar-refractivity contribution in [2.45, 2.75) is 44.5 Å². The summed E-state index contributed by atoms with van der Waals surface area (Å²) in [6.45, 7) is 3.72. The van der Waals surface area contributed by atoms with Crippen molar-refractivity contribution < 1.29 is 33.3 Å². The summed E-state index contributed by atoms with van der Waals surface area (Å²) in [6.07, 6.45) is -2.81. The Hall–Kier alpha value is -3.25. The number of fused-ring (bicyclic) bond motifs is 1. The summed E-state index contributed by atoms with van der Waals surface area (Å²) >= 11 is 1.28. The van der Waals surface area contributed by atoms with Crippen molar-refractivity contribution in [3.8, 4) is 11.8 Å². The van der Waals surface area contributed by atoms with Gasteiger partial charge in [0.05, 0.1) is 11.6 Å². The van der Waals surface area contributed by atoms with E-state index in [1.54, 1.807) is 30.3 Å². The van der Waals surface area contributed by atoms with E-state index in [4.69, 9.17) is 24.2 Å². The van der Waals surface area contributed by atoms with E-state index in [0.717, 1.165) is 10.8 Å². The number of nitriles is 1. The molecule has 0 unspecified atom stereocenters. The van der Waals surface area contributed by atoms with Gasteiger partial charge in [0.2, 0.25) is 0 Å². The van der Waals surface area contributed by atoms with E-state index in [2.05, 4.69) is 6.07 Å². The Morgan fingerprint density at radius 2 is 1.65 bits per heavy atom. The quantitative estimate of drug-likeness (QED) is 0.508. The summed E-state index contributed by atoms with van der Waals surface area (Å²) in [4.78, 5) is 35.0. The number of ether oxygens (including phenoxy) is 4. The van der Waals surface area contributed by atoms with Crippen LogP contribution in [0.2, 0.25) is 0 Å². The number of benzene rings is 2. The average molecular weight is 443 g/mol. The minimum Gasteiger partial charge on any atom is -0.475 e. The van der Waals surface area contributed by atoms with Gasteiger partial charge in [0.15, 0.2) is 23.7 Å². The van der Waals surface area contributed by atoms with E-state index >= 15 is 0 Å². The molecule has 0 aliphatic carbocycles. The first-order valence-corrected chi connectivity index (χ1v) is 10.6. The van der Waals surface area contributed by atoms with E-state index in [9.17, 15) is 14.4 Å². The molecule has 0 radical (unpaired) electrons. The second-order valence-electron chi connectivity index (χ2n) is 6.92. The van der Waals surface area contributed by atoms with E-state index < -0.39 is 41.7 Å². The van der Waals surface area contributed by atoms with Gasteiger partial charge in [-0.05, 0) is 29.7 Å². The van der Waals surface area contributed by atoms with Gasteiger partial charge in [0, 0.05) is 31.9 Å². The molecule has 1 heterocycles. The fourth-order valence-electron chi connectivity index (χ4n) is 3.36. The molecule has 0 N–H and O–H groups in total. The molecule has 162 valence electrons. The van der Waals surface area contributed by atoms with Gasteiger partial charge < -0.3 is 18.9 Å². The highest BCUT2D eigenvalue weighted by Crippen LogP contribution is 2.36. The molecule has 0 aromatic heterocycles. The lowest BCUT2D eigenvalue weighted by Gasteiger charge is -2.40. The molecule has 1 saturated heterocycles. The van der Waals surface area contributed by atoms with Crippen LogP contribution in [0.25, 0.3) is 10.8 Å². The number of esters is 3. The highest BCUT2D eigenvalue weighted by molar-refractivity contribution is 7.99. The normalized spacial score (nSPS) is 22.8. The Morgan fingerprint density at radius 1 is 0.968 bits per heavy atom. The lowest BCUT2D eigenvalue weighted by atomic mass is 10.1. The van der Waals surface area contributed by atoms with Crippen LogP contribution < -0.4 is 4.74 Å². The zero-order valence-corrected chi connectivity index (χ0v) is 18.0. The Bertz CT molecular complexity index is 1050. The number of carbonyl (C=O) groups excluding carboxylic acids is 3. The van der Waals surface area contributed by atoms with Gasteiger partial charge in [-0.25, -0.2) is 0 Å². The summed E-state index contributed by atoms with van der Waals surface area (Å²) in [7, 11) is 0. The summed E-state index contributed by atoms with van der Waals surface area (Å²) in [5, 5.41) is 10.7. The molecule has 31 heavy (non-hydrogen) atoms. The van der Waals surface area contributed by atoms with E-state index in [1.807, 2.05) is 6.07 Å². The standard InChI is InChI=1S/C22H21NO7S/c1-12(24)27-19-11-31-22(21(29-14(3)26)20(19)28-13(2)25)30-18-6-4-5-16-9-15(10-23)7-8-17(16)18/h4-9,19-22H,11H2,1-3H3/t19-,20+,21-,22+/m1/s1. The molecule has 2 aromatic carbocycles. The topological polar surface area (TPSA) is 112 Å². The van der Waals surface area contributed by atoms with Crippen molar-refractivity contribution in [2.24, 2.45) is 0 Å². The minimum absolute atomic E-state index is 0.281. The van der Waals surface area contributed by atoms with Crippen molar-refractivity contribution in [2.75, 3.05) is 5.75 Å². The molecule has 0 spiro atoms. The highest BCUT2D eigenvalue weighted by atomic mass is 32.2. The highest BCUT2D eigenvalue weighted by Gasteiger charge is 2.47. The van der Waals surface area contributed by atoms with Gasteiger partial charge >= 0.3 is 17.9 Å². The van der Waals surface area contributed by atoms with Crippen LogP contribution in [0.4, 0.5) is 0 Å². The molecule has 2 aromatic rings. The molecule has 0 amide bonds. The molecule has 1 aliphatic heterocycles. The van der Waals surface area contributed by atoms with Crippen molar-refractivity contribution in [1.82, 2.24) is 0 Å². The molecule has 9 heteroatoms. The van der Waals surface area contributed by atoms with Gasteiger partial charge in [0.1, 0.15) is 5.75 Å². The smallest absolute Gasteiger partial charge is 0.303 e. The van der Waals surface area contributed by atoms with Crippen LogP contribution in [-0.2, 0) is 28.6 Å². The van der Waals surface area contributed by atoms with Gasteiger partial charge in [-0.15, -0.1) is 11.8 Å². The van der Waals surface area contributed by atoms with Gasteiger partial charge in [-0.3, -0.25) is 14.4 Å². The summed E-state index contributed by atoms with van der Waals surface area (Å²) in [5.41, 5.74) is -0.199. The summed E-state index contributed by atoms with van der Waals surface area (Å²) < 4.78 is 22.3. The number of hydrogen-bond acceptors (Lipinski definition) is 9. The lowest BCUT2D eigenvalue weighted by Crippen LogP contribution is -2.55. The molecule has 0 saturated carbocycles. The first-order chi connectivity index (χ1) is 14.8. The monoisotopic (exact) mass is 443 g/mol. The number of rotatable bonds is 5. The van der Waals surface area contributed by atoms with E-state index in [1.165, 1.54) is 32.5 Å². The van der Waals surface area contributed by atoms with Crippen LogP contribution in [0.1, 0.15) is 26.3 Å². The predicted octanol–water partition coefficient (Wildman–Crippen LogP) is 2.96. The lowest BCUT2D eigenvalue weighted by molar-refractivity contribution is -0.186. The summed E-state index contributed by atoms with van der Waals surface area (Å²) in [6, 6.07) is 12.7. The summed E-state index contributed by atoms with van der Waals surface area (Å²) in [5.74, 6) is -0.922. The zero-order valence-electron chi connectivity index (χ0n) is 17.2. The molecule has 8 nitrogen and oxygen atoms in total. The maximum absolute atomic E-state index is 11.8. The Kier molecular flexibility index (Phi) is 7.02. The maximum Gasteiger partial charge on any atom is 0.303 e. The molecule has 4 atom stereocenters. The second-order valence-corrected chi connectivity index (χ2v) is 8.05. The van der Waals surface area contributed by atoms with E-state index in [0.29, 0.717) is 11.3 Å². The number of carbonyl (C=O) groups is 3. The average Bonchev–Trinajstić information content (AvgIpc) is 2.71. The number of nitrogens with zero attached hydrogens (tertiary/aromatic N) is 1. The van der Waals surface area contributed by atoms with Crippen LogP contribution in [0, 0.1) is 11.3 Å². The second kappa shape index (κ2) is 9.71. The van der Waals surface area contributed by atoms with Crippen LogP contribution in [0.3, 0.4) is 0 Å². The molecule has 1 aliphatic rings. The third-order valence-corrected chi connectivity index (χ3v) is 5.73.